The molecular weight excluding hydrogens is 556 g/mol. The summed E-state index contributed by atoms with van der Waals surface area (Å²) in [6.45, 7) is 15.8. The predicted octanol–water partition coefficient (Wildman–Crippen LogP) is 5.31. The van der Waals surface area contributed by atoms with Gasteiger partial charge in [0.05, 0.1) is 12.6 Å². The number of fused-ring (bicyclic) bond motifs is 2. The lowest BCUT2D eigenvalue weighted by molar-refractivity contribution is -0.130. The van der Waals surface area contributed by atoms with Gasteiger partial charge in [0, 0.05) is 38.6 Å². The van der Waals surface area contributed by atoms with Crippen molar-refractivity contribution in [3.8, 4) is 0 Å². The number of carbonyl (C=O) groups excluding carboxylic acids is 3. The fourth-order valence-electron chi connectivity index (χ4n) is 5.69. The third-order valence-electron chi connectivity index (χ3n) is 7.79. The van der Waals surface area contributed by atoms with Gasteiger partial charge in [0.2, 0.25) is 11.8 Å². The maximum Gasteiger partial charge on any atom is 0.410 e. The molecule has 3 fully saturated rings. The van der Waals surface area contributed by atoms with Crippen molar-refractivity contribution in [3.05, 3.63) is 11.8 Å². The van der Waals surface area contributed by atoms with E-state index in [9.17, 15) is 14.4 Å². The van der Waals surface area contributed by atoms with E-state index in [0.29, 0.717) is 70.3 Å². The van der Waals surface area contributed by atoms with E-state index in [0.717, 1.165) is 25.7 Å². The highest BCUT2D eigenvalue weighted by Crippen LogP contribution is 2.38. The number of amides is 4. The first-order valence-electron chi connectivity index (χ1n) is 15.8. The number of urea groups is 1. The standard InChI is InChI=1S/C30H50N6O7/c1-8-9-19-40-36-22-12-13-23(35(20-22)26(36)37)25-32-31-24(41-25)11-10-16-34(28(39)43-30(5,6)7)21-14-17-33(18-15-21)27(38)42-29(2,3)4/h21-23H,8-20H2,1-7H3/t22-,23-/m0/s1. The van der Waals surface area contributed by atoms with Crippen molar-refractivity contribution in [2.24, 2.45) is 0 Å². The lowest BCUT2D eigenvalue weighted by atomic mass is 10.0. The molecule has 0 saturated carbocycles. The number of nitrogens with zero attached hydrogens (tertiary/aromatic N) is 6. The first kappa shape index (κ1) is 32.8. The van der Waals surface area contributed by atoms with Crippen LogP contribution in [-0.4, -0.2) is 104 Å². The summed E-state index contributed by atoms with van der Waals surface area (Å²) in [5.74, 6) is 0.916. The molecule has 3 saturated heterocycles. The predicted molar refractivity (Wildman–Crippen MR) is 157 cm³/mol. The van der Waals surface area contributed by atoms with Gasteiger partial charge in [0.15, 0.2) is 0 Å². The van der Waals surface area contributed by atoms with Crippen molar-refractivity contribution in [1.29, 1.82) is 0 Å². The number of aryl methyl sites for hydroxylation is 1. The SMILES string of the molecule is CCCCON1C(=O)N2C[C@@H]1CC[C@H]2c1nnc(CCCN(C(=O)OC(C)(C)C)C2CCN(C(=O)OC(C)(C)C)CC2)o1. The highest BCUT2D eigenvalue weighted by atomic mass is 16.7. The van der Waals surface area contributed by atoms with Gasteiger partial charge in [-0.3, -0.25) is 4.84 Å². The maximum atomic E-state index is 13.2. The Morgan fingerprint density at radius 3 is 2.33 bits per heavy atom. The molecule has 0 unspecified atom stereocenters. The number of aromatic nitrogens is 2. The minimum atomic E-state index is -0.628. The minimum Gasteiger partial charge on any atom is -0.444 e. The molecule has 0 radical (unpaired) electrons. The summed E-state index contributed by atoms with van der Waals surface area (Å²) < 4.78 is 17.3. The molecule has 2 atom stereocenters. The van der Waals surface area contributed by atoms with Crippen LogP contribution in [0.2, 0.25) is 0 Å². The first-order chi connectivity index (χ1) is 20.3. The number of rotatable bonds is 10. The van der Waals surface area contributed by atoms with Crippen LogP contribution in [0.4, 0.5) is 14.4 Å². The fraction of sp³-hybridized carbons (Fsp3) is 0.833. The van der Waals surface area contributed by atoms with E-state index in [1.54, 1.807) is 14.7 Å². The van der Waals surface area contributed by atoms with Crippen LogP contribution in [0.5, 0.6) is 0 Å². The zero-order chi connectivity index (χ0) is 31.4. The van der Waals surface area contributed by atoms with Crippen LogP contribution in [0.15, 0.2) is 4.42 Å². The molecule has 0 aliphatic carbocycles. The van der Waals surface area contributed by atoms with Gasteiger partial charge in [-0.2, -0.15) is 5.06 Å². The third-order valence-corrected chi connectivity index (χ3v) is 7.79. The summed E-state index contributed by atoms with van der Waals surface area (Å²) in [7, 11) is 0. The van der Waals surface area contributed by atoms with Gasteiger partial charge in [-0.1, -0.05) is 13.3 Å². The minimum absolute atomic E-state index is 0.0536. The molecule has 1 aromatic heterocycles. The highest BCUT2D eigenvalue weighted by Gasteiger charge is 2.47. The van der Waals surface area contributed by atoms with E-state index in [1.165, 1.54) is 5.06 Å². The topological polar surface area (TPSA) is 131 Å². The molecule has 2 bridgehead atoms. The van der Waals surface area contributed by atoms with Gasteiger partial charge < -0.3 is 28.6 Å². The molecule has 0 aromatic carbocycles. The molecule has 13 heteroatoms. The molecule has 4 amide bonds. The van der Waals surface area contributed by atoms with Crippen LogP contribution in [0.25, 0.3) is 0 Å². The highest BCUT2D eigenvalue weighted by molar-refractivity contribution is 5.77. The smallest absolute Gasteiger partial charge is 0.410 e. The van der Waals surface area contributed by atoms with Crippen LogP contribution in [-0.2, 0) is 20.7 Å². The van der Waals surface area contributed by atoms with Crippen molar-refractivity contribution >= 4 is 18.2 Å². The summed E-state index contributed by atoms with van der Waals surface area (Å²) in [5, 5.41) is 10.1. The largest absolute Gasteiger partial charge is 0.444 e. The molecular formula is C30H50N6O7. The van der Waals surface area contributed by atoms with E-state index in [4.69, 9.17) is 18.7 Å². The average molecular weight is 607 g/mol. The average Bonchev–Trinajstić information content (AvgIpc) is 3.48. The second-order valence-electron chi connectivity index (χ2n) is 13.7. The summed E-state index contributed by atoms with van der Waals surface area (Å²) in [6.07, 6.45) is 5.11. The molecule has 43 heavy (non-hydrogen) atoms. The number of hydrogen-bond donors (Lipinski definition) is 0. The Bertz CT molecular complexity index is 1110. The zero-order valence-corrected chi connectivity index (χ0v) is 27.0. The third kappa shape index (κ3) is 8.73. The Morgan fingerprint density at radius 2 is 1.67 bits per heavy atom. The van der Waals surface area contributed by atoms with Gasteiger partial charge in [0.1, 0.15) is 17.2 Å². The van der Waals surface area contributed by atoms with Crippen LogP contribution in [0.3, 0.4) is 0 Å². The number of hydroxylamine groups is 2. The van der Waals surface area contributed by atoms with Crippen LogP contribution >= 0.6 is 0 Å². The van der Waals surface area contributed by atoms with E-state index >= 15 is 0 Å². The number of carbonyl (C=O) groups is 3. The number of unbranched alkanes of at least 4 members (excludes halogenated alkanes) is 1. The number of likely N-dealkylation sites (tertiary alicyclic amines) is 1. The molecule has 3 aliphatic heterocycles. The number of hydrogen-bond acceptors (Lipinski definition) is 9. The van der Waals surface area contributed by atoms with Gasteiger partial charge in [-0.25, -0.2) is 14.4 Å². The molecule has 1 aromatic rings. The van der Waals surface area contributed by atoms with Gasteiger partial charge in [-0.05, 0) is 80.1 Å². The summed E-state index contributed by atoms with van der Waals surface area (Å²) in [6, 6.07) is -0.421. The Balaban J connectivity index is 1.32. The van der Waals surface area contributed by atoms with Gasteiger partial charge in [0.25, 0.3) is 0 Å². The van der Waals surface area contributed by atoms with E-state index < -0.39 is 11.2 Å². The second kappa shape index (κ2) is 13.7. The Morgan fingerprint density at radius 1 is 0.977 bits per heavy atom. The van der Waals surface area contributed by atoms with E-state index in [1.807, 2.05) is 41.5 Å². The quantitative estimate of drug-likeness (QED) is 0.325. The molecule has 242 valence electrons. The van der Waals surface area contributed by atoms with Crippen molar-refractivity contribution in [1.82, 2.24) is 30.0 Å². The molecule has 0 spiro atoms. The van der Waals surface area contributed by atoms with Crippen LogP contribution < -0.4 is 0 Å². The van der Waals surface area contributed by atoms with Crippen LogP contribution in [0, 0.1) is 0 Å². The Hall–Kier alpha value is -3.09. The lowest BCUT2D eigenvalue weighted by Gasteiger charge is -2.39. The van der Waals surface area contributed by atoms with Gasteiger partial charge in [-0.15, -0.1) is 10.2 Å². The van der Waals surface area contributed by atoms with Gasteiger partial charge >= 0.3 is 18.2 Å². The molecule has 4 rings (SSSR count). The maximum absolute atomic E-state index is 13.2. The van der Waals surface area contributed by atoms with Crippen molar-refractivity contribution in [2.75, 3.05) is 32.8 Å². The number of piperidine rings is 2. The fourth-order valence-corrected chi connectivity index (χ4v) is 5.69. The lowest BCUT2D eigenvalue weighted by Crippen LogP contribution is -2.51. The molecule has 13 nitrogen and oxygen atoms in total. The van der Waals surface area contributed by atoms with Crippen molar-refractivity contribution in [2.45, 2.75) is 129 Å². The Labute approximate surface area is 255 Å². The molecule has 3 aliphatic rings. The molecule has 0 N–H and O–H groups in total. The van der Waals surface area contributed by atoms with E-state index in [-0.39, 0.29) is 36.3 Å². The summed E-state index contributed by atoms with van der Waals surface area (Å²) in [5.41, 5.74) is -1.19. The Kier molecular flexibility index (Phi) is 10.4. The second-order valence-corrected chi connectivity index (χ2v) is 13.7. The molecule has 4 heterocycles. The normalized spacial score (nSPS) is 21.4. The zero-order valence-electron chi connectivity index (χ0n) is 27.0. The van der Waals surface area contributed by atoms with Crippen molar-refractivity contribution in [3.63, 3.8) is 0 Å². The first-order valence-corrected chi connectivity index (χ1v) is 15.8. The summed E-state index contributed by atoms with van der Waals surface area (Å²) >= 11 is 0. The van der Waals surface area contributed by atoms with Crippen LogP contribution in [0.1, 0.15) is 111 Å². The number of ether oxygens (including phenoxy) is 2. The van der Waals surface area contributed by atoms with E-state index in [2.05, 4.69) is 17.1 Å². The monoisotopic (exact) mass is 606 g/mol. The summed E-state index contributed by atoms with van der Waals surface area (Å²) in [4.78, 5) is 49.8. The van der Waals surface area contributed by atoms with Crippen molar-refractivity contribution < 1.29 is 33.1 Å².